The Hall–Kier alpha value is -0.870. The molecule has 16 heavy (non-hydrogen) atoms. The van der Waals surface area contributed by atoms with Gasteiger partial charge in [-0.05, 0) is 37.0 Å². The number of nitrogens with one attached hydrogen (secondary N) is 1. The van der Waals surface area contributed by atoms with Crippen LogP contribution in [0.15, 0.2) is 28.7 Å². The Morgan fingerprint density at radius 3 is 2.88 bits per heavy atom. The fraction of sp³-hybridized carbons (Fsp3) is 0.417. The maximum absolute atomic E-state index is 11.7. The van der Waals surface area contributed by atoms with Crippen LogP contribution in [-0.2, 0) is 0 Å². The van der Waals surface area contributed by atoms with Gasteiger partial charge in [-0.2, -0.15) is 0 Å². The molecule has 86 valence electrons. The second-order valence-corrected chi connectivity index (χ2v) is 5.13. The smallest absolute Gasteiger partial charge is 0.251 e. The molecule has 2 rings (SSSR count). The molecule has 0 radical (unpaired) electrons. The Balaban J connectivity index is 1.84. The maximum atomic E-state index is 11.7. The van der Waals surface area contributed by atoms with E-state index in [4.69, 9.17) is 5.11 Å². The molecule has 2 N–H and O–H groups in total. The lowest BCUT2D eigenvalue weighted by Crippen LogP contribution is -2.38. The lowest BCUT2D eigenvalue weighted by molar-refractivity contribution is 0.0420. The van der Waals surface area contributed by atoms with Gasteiger partial charge in [0.05, 0.1) is 6.10 Å². The van der Waals surface area contributed by atoms with Crippen molar-refractivity contribution in [1.29, 1.82) is 0 Å². The molecule has 0 unspecified atom stereocenters. The molecule has 1 aliphatic rings. The van der Waals surface area contributed by atoms with Gasteiger partial charge in [0, 0.05) is 16.6 Å². The van der Waals surface area contributed by atoms with Crippen molar-refractivity contribution in [3.8, 4) is 0 Å². The minimum absolute atomic E-state index is 0.0531. The molecule has 0 bridgehead atoms. The predicted octanol–water partition coefficient (Wildman–Crippen LogP) is 1.95. The third-order valence-electron chi connectivity index (χ3n) is 2.85. The van der Waals surface area contributed by atoms with Crippen molar-refractivity contribution in [3.63, 3.8) is 0 Å². The number of rotatable bonds is 3. The lowest BCUT2D eigenvalue weighted by atomic mass is 9.82. The summed E-state index contributed by atoms with van der Waals surface area (Å²) < 4.78 is 0.902. The van der Waals surface area contributed by atoms with E-state index >= 15 is 0 Å². The average Bonchev–Trinajstić information content (AvgIpc) is 2.22. The van der Waals surface area contributed by atoms with Gasteiger partial charge in [0.25, 0.3) is 5.91 Å². The zero-order valence-corrected chi connectivity index (χ0v) is 10.4. The highest BCUT2D eigenvalue weighted by atomic mass is 79.9. The zero-order chi connectivity index (χ0) is 11.5. The van der Waals surface area contributed by atoms with Crippen LogP contribution in [0.4, 0.5) is 0 Å². The summed E-state index contributed by atoms with van der Waals surface area (Å²) in [6.07, 6.45) is 1.45. The van der Waals surface area contributed by atoms with Crippen LogP contribution in [0, 0.1) is 5.92 Å². The highest BCUT2D eigenvalue weighted by Crippen LogP contribution is 2.26. The summed E-state index contributed by atoms with van der Waals surface area (Å²) in [4.78, 5) is 11.7. The van der Waals surface area contributed by atoms with Crippen molar-refractivity contribution in [2.24, 2.45) is 5.92 Å². The van der Waals surface area contributed by atoms with Crippen LogP contribution in [0.1, 0.15) is 23.2 Å². The summed E-state index contributed by atoms with van der Waals surface area (Å²) >= 11 is 3.33. The summed E-state index contributed by atoms with van der Waals surface area (Å²) in [5.41, 5.74) is 0.661. The summed E-state index contributed by atoms with van der Waals surface area (Å²) in [6.45, 7) is 0.655. The Morgan fingerprint density at radius 1 is 1.50 bits per heavy atom. The van der Waals surface area contributed by atoms with E-state index in [0.29, 0.717) is 18.0 Å². The number of halogens is 1. The highest BCUT2D eigenvalue weighted by Gasteiger charge is 2.27. The van der Waals surface area contributed by atoms with E-state index < -0.39 is 0 Å². The topological polar surface area (TPSA) is 49.3 Å². The van der Waals surface area contributed by atoms with Crippen LogP contribution in [-0.4, -0.2) is 23.7 Å². The van der Waals surface area contributed by atoms with Crippen molar-refractivity contribution in [2.75, 3.05) is 6.54 Å². The van der Waals surface area contributed by atoms with Gasteiger partial charge in [-0.3, -0.25) is 4.79 Å². The largest absolute Gasteiger partial charge is 0.393 e. The molecule has 1 aromatic carbocycles. The van der Waals surface area contributed by atoms with Crippen LogP contribution >= 0.6 is 15.9 Å². The molecule has 1 fully saturated rings. The Morgan fingerprint density at radius 2 is 2.25 bits per heavy atom. The third-order valence-corrected chi connectivity index (χ3v) is 3.34. The van der Waals surface area contributed by atoms with Gasteiger partial charge in [-0.1, -0.05) is 22.0 Å². The van der Waals surface area contributed by atoms with Crippen molar-refractivity contribution >= 4 is 21.8 Å². The number of carbonyl (C=O) groups is 1. The lowest BCUT2D eigenvalue weighted by Gasteiger charge is -2.31. The fourth-order valence-corrected chi connectivity index (χ4v) is 2.24. The number of benzene rings is 1. The van der Waals surface area contributed by atoms with E-state index in [2.05, 4.69) is 21.2 Å². The summed E-state index contributed by atoms with van der Waals surface area (Å²) in [7, 11) is 0. The Bertz CT molecular complexity index is 388. The number of carbonyl (C=O) groups excluding carboxylic acids is 1. The van der Waals surface area contributed by atoms with Crippen LogP contribution in [0.25, 0.3) is 0 Å². The molecule has 0 heterocycles. The SMILES string of the molecule is O=C(NCC1CC(O)C1)c1cccc(Br)c1. The molecule has 3 nitrogen and oxygen atoms in total. The van der Waals surface area contributed by atoms with E-state index in [1.54, 1.807) is 12.1 Å². The van der Waals surface area contributed by atoms with Gasteiger partial charge >= 0.3 is 0 Å². The molecule has 1 amide bonds. The maximum Gasteiger partial charge on any atom is 0.251 e. The molecule has 4 heteroatoms. The van der Waals surface area contributed by atoms with Crippen molar-refractivity contribution in [3.05, 3.63) is 34.3 Å². The van der Waals surface area contributed by atoms with E-state index in [1.165, 1.54) is 0 Å². The number of amides is 1. The van der Waals surface area contributed by atoms with E-state index in [-0.39, 0.29) is 12.0 Å². The second kappa shape index (κ2) is 4.97. The third kappa shape index (κ3) is 2.83. The van der Waals surface area contributed by atoms with Gasteiger partial charge < -0.3 is 10.4 Å². The Labute approximate surface area is 103 Å². The first-order chi connectivity index (χ1) is 7.65. The normalized spacial score (nSPS) is 23.6. The van der Waals surface area contributed by atoms with Gasteiger partial charge in [0.1, 0.15) is 0 Å². The van der Waals surface area contributed by atoms with Crippen LogP contribution in [0.5, 0.6) is 0 Å². The fourth-order valence-electron chi connectivity index (χ4n) is 1.84. The van der Waals surface area contributed by atoms with Gasteiger partial charge in [-0.15, -0.1) is 0 Å². The van der Waals surface area contributed by atoms with Crippen LogP contribution in [0.3, 0.4) is 0 Å². The van der Waals surface area contributed by atoms with Gasteiger partial charge in [0.2, 0.25) is 0 Å². The molecule has 0 aliphatic heterocycles. The molecule has 0 saturated heterocycles. The molecule has 1 aliphatic carbocycles. The zero-order valence-electron chi connectivity index (χ0n) is 8.82. The minimum Gasteiger partial charge on any atom is -0.393 e. The molecule has 1 saturated carbocycles. The standard InChI is InChI=1S/C12H14BrNO2/c13-10-3-1-2-9(6-10)12(16)14-7-8-4-11(15)5-8/h1-3,6,8,11,15H,4-5,7H2,(H,14,16). The van der Waals surface area contributed by atoms with E-state index in [0.717, 1.165) is 17.3 Å². The molecule has 0 aromatic heterocycles. The Kier molecular flexibility index (Phi) is 3.61. The van der Waals surface area contributed by atoms with Crippen LogP contribution in [0.2, 0.25) is 0 Å². The van der Waals surface area contributed by atoms with Crippen molar-refractivity contribution in [1.82, 2.24) is 5.32 Å². The number of hydrogen-bond acceptors (Lipinski definition) is 2. The summed E-state index contributed by atoms with van der Waals surface area (Å²) in [6, 6.07) is 7.31. The van der Waals surface area contributed by atoms with E-state index in [1.807, 2.05) is 12.1 Å². The highest BCUT2D eigenvalue weighted by molar-refractivity contribution is 9.10. The first kappa shape index (κ1) is 11.6. The van der Waals surface area contributed by atoms with Crippen molar-refractivity contribution in [2.45, 2.75) is 18.9 Å². The molecular weight excluding hydrogens is 270 g/mol. The number of aliphatic hydroxyl groups is 1. The molecular formula is C12H14BrNO2. The monoisotopic (exact) mass is 283 g/mol. The summed E-state index contributed by atoms with van der Waals surface area (Å²) in [5, 5.41) is 12.0. The molecule has 0 spiro atoms. The van der Waals surface area contributed by atoms with Gasteiger partial charge in [-0.25, -0.2) is 0 Å². The number of aliphatic hydroxyl groups excluding tert-OH is 1. The van der Waals surface area contributed by atoms with Crippen molar-refractivity contribution < 1.29 is 9.90 Å². The molecule has 0 atom stereocenters. The first-order valence-corrected chi connectivity index (χ1v) is 6.16. The van der Waals surface area contributed by atoms with Crippen LogP contribution < -0.4 is 5.32 Å². The minimum atomic E-state index is -0.159. The second-order valence-electron chi connectivity index (χ2n) is 4.21. The average molecular weight is 284 g/mol. The van der Waals surface area contributed by atoms with Gasteiger partial charge in [0.15, 0.2) is 0 Å². The first-order valence-electron chi connectivity index (χ1n) is 5.37. The predicted molar refractivity (Wildman–Crippen MR) is 65.2 cm³/mol. The number of hydrogen-bond donors (Lipinski definition) is 2. The van der Waals surface area contributed by atoms with E-state index in [9.17, 15) is 4.79 Å². The molecule has 1 aromatic rings. The quantitative estimate of drug-likeness (QED) is 0.891. The summed E-state index contributed by atoms with van der Waals surface area (Å²) in [5.74, 6) is 0.383.